The maximum atomic E-state index is 13.5. The number of carbonyl (C=O) groups excluding carboxylic acids is 1. The van der Waals surface area contributed by atoms with Crippen molar-refractivity contribution < 1.29 is 4.79 Å². The molecule has 1 heterocycles. The van der Waals surface area contributed by atoms with Gasteiger partial charge in [-0.15, -0.1) is 0 Å². The molecule has 4 rings (SSSR count). The number of hydrogen-bond donors (Lipinski definition) is 1. The molecule has 0 saturated heterocycles. The standard InChI is InChI=1S/C24H18ClNO/c1-16-21(19-14-8-9-15-20(19)25)22(24(27)18-12-6-3-7-13-18)23(26-16)17-10-4-2-5-11-17/h2-15,26H,1H3. The average molecular weight is 372 g/mol. The minimum atomic E-state index is -0.0197. The highest BCUT2D eigenvalue weighted by molar-refractivity contribution is 6.34. The molecule has 27 heavy (non-hydrogen) atoms. The summed E-state index contributed by atoms with van der Waals surface area (Å²) in [6.45, 7) is 1.98. The maximum Gasteiger partial charge on any atom is 0.195 e. The molecular weight excluding hydrogens is 354 g/mol. The lowest BCUT2D eigenvalue weighted by Gasteiger charge is -2.10. The van der Waals surface area contributed by atoms with Gasteiger partial charge in [0.15, 0.2) is 5.78 Å². The van der Waals surface area contributed by atoms with Crippen molar-refractivity contribution in [1.29, 1.82) is 0 Å². The molecule has 0 aliphatic heterocycles. The number of H-pyrrole nitrogens is 1. The highest BCUT2D eigenvalue weighted by Gasteiger charge is 2.25. The molecule has 132 valence electrons. The summed E-state index contributed by atoms with van der Waals surface area (Å²) in [5, 5.41) is 0.626. The van der Waals surface area contributed by atoms with Crippen molar-refractivity contribution >= 4 is 17.4 Å². The van der Waals surface area contributed by atoms with E-state index in [0.717, 1.165) is 28.1 Å². The van der Waals surface area contributed by atoms with E-state index in [2.05, 4.69) is 4.98 Å². The van der Waals surface area contributed by atoms with E-state index in [1.54, 1.807) is 0 Å². The molecule has 1 N–H and O–H groups in total. The number of aromatic nitrogens is 1. The lowest BCUT2D eigenvalue weighted by molar-refractivity contribution is 0.104. The SMILES string of the molecule is Cc1[nH]c(-c2ccccc2)c(C(=O)c2ccccc2)c1-c1ccccc1Cl. The van der Waals surface area contributed by atoms with Crippen molar-refractivity contribution in [2.24, 2.45) is 0 Å². The fraction of sp³-hybridized carbons (Fsp3) is 0.0417. The zero-order chi connectivity index (χ0) is 18.8. The van der Waals surface area contributed by atoms with Crippen LogP contribution in [-0.4, -0.2) is 10.8 Å². The fourth-order valence-corrected chi connectivity index (χ4v) is 3.64. The molecule has 0 unspecified atom stereocenters. The number of rotatable bonds is 4. The van der Waals surface area contributed by atoms with E-state index in [9.17, 15) is 4.79 Å². The Kier molecular flexibility index (Phi) is 4.66. The van der Waals surface area contributed by atoms with Gasteiger partial charge >= 0.3 is 0 Å². The van der Waals surface area contributed by atoms with Gasteiger partial charge in [-0.2, -0.15) is 0 Å². The fourth-order valence-electron chi connectivity index (χ4n) is 3.41. The molecule has 1 aromatic heterocycles. The van der Waals surface area contributed by atoms with Crippen molar-refractivity contribution in [2.45, 2.75) is 6.92 Å². The van der Waals surface area contributed by atoms with Crippen LogP contribution in [0, 0.1) is 6.92 Å². The van der Waals surface area contributed by atoms with Gasteiger partial charge in [0.1, 0.15) is 0 Å². The van der Waals surface area contributed by atoms with E-state index in [1.165, 1.54) is 0 Å². The Morgan fingerprint density at radius 1 is 0.815 bits per heavy atom. The van der Waals surface area contributed by atoms with E-state index in [0.29, 0.717) is 16.1 Å². The summed E-state index contributed by atoms with van der Waals surface area (Å²) in [5.74, 6) is -0.0197. The Bertz CT molecular complexity index is 1100. The number of benzene rings is 3. The second-order valence-electron chi connectivity index (χ2n) is 6.42. The number of hydrogen-bond acceptors (Lipinski definition) is 1. The second kappa shape index (κ2) is 7.26. The summed E-state index contributed by atoms with van der Waals surface area (Å²) in [6.07, 6.45) is 0. The number of aryl methyl sites for hydroxylation is 1. The maximum absolute atomic E-state index is 13.5. The molecule has 0 atom stereocenters. The van der Waals surface area contributed by atoms with Crippen LogP contribution in [0.15, 0.2) is 84.9 Å². The Balaban J connectivity index is 2.01. The Morgan fingerprint density at radius 2 is 1.41 bits per heavy atom. The van der Waals surface area contributed by atoms with E-state index >= 15 is 0 Å². The molecule has 2 nitrogen and oxygen atoms in total. The van der Waals surface area contributed by atoms with Crippen LogP contribution in [0.25, 0.3) is 22.4 Å². The molecule has 0 amide bonds. The lowest BCUT2D eigenvalue weighted by Crippen LogP contribution is -2.04. The van der Waals surface area contributed by atoms with Gasteiger partial charge in [-0.25, -0.2) is 0 Å². The highest BCUT2D eigenvalue weighted by Crippen LogP contribution is 2.39. The van der Waals surface area contributed by atoms with E-state index in [4.69, 9.17) is 11.6 Å². The van der Waals surface area contributed by atoms with Gasteiger partial charge in [0.05, 0.1) is 11.3 Å². The summed E-state index contributed by atoms with van der Waals surface area (Å²) in [4.78, 5) is 16.9. The number of carbonyl (C=O) groups is 1. The largest absolute Gasteiger partial charge is 0.357 e. The van der Waals surface area contributed by atoms with Crippen LogP contribution in [-0.2, 0) is 0 Å². The van der Waals surface area contributed by atoms with Gasteiger partial charge in [-0.3, -0.25) is 4.79 Å². The summed E-state index contributed by atoms with van der Waals surface area (Å²) in [6, 6.07) is 26.9. The summed E-state index contributed by atoms with van der Waals surface area (Å²) in [7, 11) is 0. The topological polar surface area (TPSA) is 32.9 Å². The van der Waals surface area contributed by atoms with Crippen LogP contribution in [0.3, 0.4) is 0 Å². The minimum Gasteiger partial charge on any atom is -0.357 e. The molecule has 0 fully saturated rings. The zero-order valence-corrected chi connectivity index (χ0v) is 15.6. The van der Waals surface area contributed by atoms with E-state index < -0.39 is 0 Å². The number of ketones is 1. The molecule has 0 aliphatic carbocycles. The Hall–Kier alpha value is -3.10. The summed E-state index contributed by atoms with van der Waals surface area (Å²) in [5.41, 5.74) is 5.72. The summed E-state index contributed by atoms with van der Waals surface area (Å²) < 4.78 is 0. The van der Waals surface area contributed by atoms with Crippen LogP contribution in [0.2, 0.25) is 5.02 Å². The van der Waals surface area contributed by atoms with Crippen molar-refractivity contribution in [3.8, 4) is 22.4 Å². The van der Waals surface area contributed by atoms with Crippen molar-refractivity contribution in [2.75, 3.05) is 0 Å². The predicted molar refractivity (Wildman–Crippen MR) is 111 cm³/mol. The number of halogens is 1. The number of nitrogens with one attached hydrogen (secondary N) is 1. The third-order valence-corrected chi connectivity index (χ3v) is 4.99. The summed E-state index contributed by atoms with van der Waals surface area (Å²) >= 11 is 6.48. The van der Waals surface area contributed by atoms with Crippen LogP contribution in [0.1, 0.15) is 21.6 Å². The molecule has 0 bridgehead atoms. The molecule has 0 aliphatic rings. The lowest BCUT2D eigenvalue weighted by atomic mass is 9.92. The van der Waals surface area contributed by atoms with Gasteiger partial charge in [-0.05, 0) is 18.6 Å². The molecule has 3 aromatic carbocycles. The molecular formula is C24H18ClNO. The van der Waals surface area contributed by atoms with Gasteiger partial charge in [0.25, 0.3) is 0 Å². The van der Waals surface area contributed by atoms with Crippen LogP contribution < -0.4 is 0 Å². The van der Waals surface area contributed by atoms with Crippen LogP contribution >= 0.6 is 11.6 Å². The van der Waals surface area contributed by atoms with Crippen LogP contribution in [0.5, 0.6) is 0 Å². The second-order valence-corrected chi connectivity index (χ2v) is 6.82. The van der Waals surface area contributed by atoms with E-state index in [-0.39, 0.29) is 5.78 Å². The first-order valence-electron chi connectivity index (χ1n) is 8.79. The third kappa shape index (κ3) is 3.20. The van der Waals surface area contributed by atoms with Gasteiger partial charge < -0.3 is 4.98 Å². The zero-order valence-electron chi connectivity index (χ0n) is 14.9. The monoisotopic (exact) mass is 371 g/mol. The Labute approximate surface area is 163 Å². The minimum absolute atomic E-state index is 0.0197. The van der Waals surface area contributed by atoms with Crippen molar-refractivity contribution in [3.05, 3.63) is 107 Å². The molecule has 0 spiro atoms. The molecule has 0 radical (unpaired) electrons. The molecule has 4 aromatic rings. The Morgan fingerprint density at radius 3 is 2.07 bits per heavy atom. The molecule has 0 saturated carbocycles. The molecule has 3 heteroatoms. The highest BCUT2D eigenvalue weighted by atomic mass is 35.5. The van der Waals surface area contributed by atoms with E-state index in [1.807, 2.05) is 91.9 Å². The average Bonchev–Trinajstić information content (AvgIpc) is 3.06. The first-order valence-corrected chi connectivity index (χ1v) is 9.17. The van der Waals surface area contributed by atoms with Gasteiger partial charge in [0, 0.05) is 27.4 Å². The van der Waals surface area contributed by atoms with Crippen molar-refractivity contribution in [1.82, 2.24) is 4.98 Å². The first kappa shape index (κ1) is 17.3. The quantitative estimate of drug-likeness (QED) is 0.406. The smallest absolute Gasteiger partial charge is 0.195 e. The van der Waals surface area contributed by atoms with Crippen molar-refractivity contribution in [3.63, 3.8) is 0 Å². The first-order chi connectivity index (χ1) is 13.2. The number of aromatic amines is 1. The van der Waals surface area contributed by atoms with Gasteiger partial charge in [0.2, 0.25) is 0 Å². The normalized spacial score (nSPS) is 10.7. The van der Waals surface area contributed by atoms with Crippen LogP contribution in [0.4, 0.5) is 0 Å². The third-order valence-electron chi connectivity index (χ3n) is 4.66. The predicted octanol–water partition coefficient (Wildman–Crippen LogP) is 6.54. The van der Waals surface area contributed by atoms with Gasteiger partial charge in [-0.1, -0.05) is 90.5 Å².